The molecule has 0 radical (unpaired) electrons. The zero-order valence-electron chi connectivity index (χ0n) is 20.9. The molecule has 0 atom stereocenters. The molecule has 0 fully saturated rings. The van der Waals surface area contributed by atoms with E-state index in [9.17, 15) is 0 Å². The fraction of sp³-hybridized carbons (Fsp3) is 1.00. The summed E-state index contributed by atoms with van der Waals surface area (Å²) in [6.45, 7) is 6.92. The van der Waals surface area contributed by atoms with Gasteiger partial charge in [-0.1, -0.05) is 119 Å². The lowest BCUT2D eigenvalue weighted by atomic mass is 10.1. The van der Waals surface area contributed by atoms with Gasteiger partial charge in [-0.15, -0.1) is 0 Å². The Morgan fingerprint density at radius 1 is 0.400 bits per heavy atom. The Labute approximate surface area is 209 Å². The second kappa shape index (κ2) is 25.0. The summed E-state index contributed by atoms with van der Waals surface area (Å²) in [5, 5.41) is 0. The van der Waals surface area contributed by atoms with Crippen LogP contribution in [0.2, 0.25) is 0 Å². The molecule has 0 aliphatic heterocycles. The highest BCUT2D eigenvalue weighted by Gasteiger charge is 2.33. The van der Waals surface area contributed by atoms with Crippen molar-refractivity contribution >= 4 is 47.8 Å². The molecule has 0 aromatic heterocycles. The molecule has 0 spiro atoms. The first-order chi connectivity index (χ1) is 14.7. The summed E-state index contributed by atoms with van der Waals surface area (Å²) in [5.41, 5.74) is 0. The van der Waals surface area contributed by atoms with Crippen molar-refractivity contribution in [1.82, 2.24) is 0 Å². The number of rotatable bonds is 25. The number of hydrogen-bond donors (Lipinski definition) is 0. The molecule has 0 unspecified atom stereocenters. The lowest BCUT2D eigenvalue weighted by Crippen LogP contribution is -2.18. The summed E-state index contributed by atoms with van der Waals surface area (Å²) in [6.07, 6.45) is 27.7. The molecule has 30 heavy (non-hydrogen) atoms. The van der Waals surface area contributed by atoms with Crippen molar-refractivity contribution < 1.29 is 2.10 Å². The maximum atomic E-state index is 2.33. The van der Waals surface area contributed by atoms with Crippen LogP contribution in [0.25, 0.3) is 0 Å². The quantitative estimate of drug-likeness (QED) is 0.0699. The van der Waals surface area contributed by atoms with Gasteiger partial charge >= 0.3 is 0 Å². The fourth-order valence-electron chi connectivity index (χ4n) is 3.45. The van der Waals surface area contributed by atoms with E-state index in [2.05, 4.69) is 74.8 Å². The van der Waals surface area contributed by atoms with Crippen molar-refractivity contribution in [2.45, 2.75) is 136 Å². The van der Waals surface area contributed by atoms with E-state index in [0.29, 0.717) is 0 Å². The third-order valence-electron chi connectivity index (χ3n) is 5.47. The van der Waals surface area contributed by atoms with Gasteiger partial charge in [0.15, 0.2) is 0 Å². The first kappa shape index (κ1) is 31.4. The Kier molecular flexibility index (Phi) is 26.1. The van der Waals surface area contributed by atoms with Crippen molar-refractivity contribution in [1.29, 1.82) is 0 Å². The van der Waals surface area contributed by atoms with Crippen molar-refractivity contribution in [3.63, 3.8) is 0 Å². The molecule has 0 amide bonds. The molecule has 0 aromatic carbocycles. The van der Waals surface area contributed by atoms with Gasteiger partial charge in [-0.2, -0.15) is 0 Å². The highest BCUT2D eigenvalue weighted by Crippen LogP contribution is 2.51. The van der Waals surface area contributed by atoms with Crippen LogP contribution in [0.15, 0.2) is 0 Å². The molecular formula is C25H54NS4+. The zero-order chi connectivity index (χ0) is 22.2. The predicted octanol–water partition coefficient (Wildman–Crippen LogP) is 11.1. The Hall–Kier alpha value is 1.36. The van der Waals surface area contributed by atoms with Crippen LogP contribution in [0, 0.1) is 0 Å². The molecule has 0 aromatic rings. The highest BCUT2D eigenvalue weighted by molar-refractivity contribution is 8.28. The largest absolute Gasteiger partial charge is 0.113 e. The molecule has 0 aliphatic carbocycles. The van der Waals surface area contributed by atoms with Crippen molar-refractivity contribution in [2.75, 3.05) is 23.5 Å². The van der Waals surface area contributed by atoms with E-state index in [1.807, 2.05) is 0 Å². The van der Waals surface area contributed by atoms with E-state index < -0.39 is 0 Å². The standard InChI is InChI=1S/C25H54NS4/c1-5-8-11-14-17-20-23-28-26(27-4,29-24-21-18-15-12-9-6-2)30-25-22-19-16-13-10-7-3/h5-25H2,1-4H3/q+1. The average molecular weight is 497 g/mol. The van der Waals surface area contributed by atoms with E-state index in [4.69, 9.17) is 0 Å². The summed E-state index contributed by atoms with van der Waals surface area (Å²) in [6, 6.07) is 0. The SMILES string of the molecule is CCCCCCCCS[N+](SC)(SCCCCCCCC)SCCCCCCCC. The summed E-state index contributed by atoms with van der Waals surface area (Å²) in [4.78, 5) is 0. The molecule has 0 saturated heterocycles. The van der Waals surface area contributed by atoms with Gasteiger partial charge in [0.05, 0.1) is 17.3 Å². The summed E-state index contributed by atoms with van der Waals surface area (Å²) in [7, 11) is 0. The van der Waals surface area contributed by atoms with Crippen LogP contribution in [-0.2, 0) is 0 Å². The molecule has 5 heteroatoms. The van der Waals surface area contributed by atoms with Crippen molar-refractivity contribution in [3.05, 3.63) is 0 Å². The highest BCUT2D eigenvalue weighted by atomic mass is 32.3. The van der Waals surface area contributed by atoms with E-state index in [-0.39, 0.29) is 0 Å². The van der Waals surface area contributed by atoms with Crippen LogP contribution < -0.4 is 0 Å². The Bertz CT molecular complexity index is 283. The maximum Gasteiger partial charge on any atom is 0.113 e. The summed E-state index contributed by atoms with van der Waals surface area (Å²) >= 11 is 8.67. The minimum Gasteiger partial charge on any atom is -0.0801 e. The lowest BCUT2D eigenvalue weighted by molar-refractivity contribution is -0.273. The Morgan fingerprint density at radius 3 is 0.933 bits per heavy atom. The lowest BCUT2D eigenvalue weighted by Gasteiger charge is -2.27. The minimum atomic E-state index is 1.10. The Morgan fingerprint density at radius 2 is 0.667 bits per heavy atom. The third kappa shape index (κ3) is 20.0. The minimum absolute atomic E-state index is 1.10. The third-order valence-corrected chi connectivity index (χ3v) is 12.5. The van der Waals surface area contributed by atoms with E-state index in [1.54, 1.807) is 0 Å². The van der Waals surface area contributed by atoms with Gasteiger partial charge in [-0.05, 0) is 19.3 Å². The molecular weight excluding hydrogens is 443 g/mol. The average Bonchev–Trinajstić information content (AvgIpc) is 2.76. The van der Waals surface area contributed by atoms with Gasteiger partial charge in [0, 0.05) is 6.26 Å². The summed E-state index contributed by atoms with van der Waals surface area (Å²) < 4.78 is 1.10. The number of quaternary nitrogens is 1. The van der Waals surface area contributed by atoms with Crippen LogP contribution >= 0.6 is 47.8 Å². The molecule has 0 N–H and O–H groups in total. The van der Waals surface area contributed by atoms with Crippen LogP contribution in [0.3, 0.4) is 0 Å². The van der Waals surface area contributed by atoms with Gasteiger partial charge in [-0.25, -0.2) is 0 Å². The van der Waals surface area contributed by atoms with Crippen LogP contribution in [0.4, 0.5) is 0 Å². The monoisotopic (exact) mass is 496 g/mol. The molecule has 0 aliphatic rings. The second-order valence-corrected chi connectivity index (χ2v) is 14.4. The van der Waals surface area contributed by atoms with Gasteiger partial charge < -0.3 is 0 Å². The van der Waals surface area contributed by atoms with Crippen LogP contribution in [0.5, 0.6) is 0 Å². The zero-order valence-corrected chi connectivity index (χ0v) is 24.2. The Balaban J connectivity index is 4.23. The summed E-state index contributed by atoms with van der Waals surface area (Å²) in [5.74, 6) is 3.96. The van der Waals surface area contributed by atoms with Gasteiger partial charge in [-0.3, -0.25) is 0 Å². The molecule has 0 heterocycles. The van der Waals surface area contributed by atoms with Crippen molar-refractivity contribution in [2.24, 2.45) is 0 Å². The fourth-order valence-corrected chi connectivity index (χ4v) is 9.29. The van der Waals surface area contributed by atoms with E-state index in [0.717, 1.165) is 2.10 Å². The molecule has 0 bridgehead atoms. The molecule has 182 valence electrons. The second-order valence-electron chi connectivity index (χ2n) is 8.43. The molecule has 0 rings (SSSR count). The van der Waals surface area contributed by atoms with Gasteiger partial charge in [0.2, 0.25) is 0 Å². The molecule has 1 nitrogen and oxygen atoms in total. The first-order valence-electron chi connectivity index (χ1n) is 13.1. The number of unbranched alkanes of at least 4 members (excludes halogenated alkanes) is 15. The van der Waals surface area contributed by atoms with Crippen LogP contribution in [0.1, 0.15) is 136 Å². The number of nitrogens with zero attached hydrogens (tertiary/aromatic N) is 1. The smallest absolute Gasteiger partial charge is 0.0801 e. The van der Waals surface area contributed by atoms with Gasteiger partial charge in [0.1, 0.15) is 47.8 Å². The van der Waals surface area contributed by atoms with E-state index in [1.165, 1.54) is 133 Å². The normalized spacial score (nSPS) is 12.0. The first-order valence-corrected chi connectivity index (χ1v) is 17.1. The van der Waals surface area contributed by atoms with Crippen LogP contribution in [-0.4, -0.2) is 25.6 Å². The van der Waals surface area contributed by atoms with E-state index >= 15 is 0 Å². The maximum absolute atomic E-state index is 2.33. The topological polar surface area (TPSA) is 0 Å². The predicted molar refractivity (Wildman–Crippen MR) is 151 cm³/mol. The van der Waals surface area contributed by atoms with Gasteiger partial charge in [0.25, 0.3) is 0 Å². The van der Waals surface area contributed by atoms with Crippen molar-refractivity contribution in [3.8, 4) is 0 Å². The number of hydrogen-bond acceptors (Lipinski definition) is 4. The molecule has 0 saturated carbocycles.